The molecule has 2 aromatic carbocycles. The number of non-ortho nitro benzene ring substituents is 1. The van der Waals surface area contributed by atoms with Crippen LogP contribution in [0.2, 0.25) is 10.0 Å². The molecule has 180 valence electrons. The fourth-order valence-corrected chi connectivity index (χ4v) is 4.48. The third-order valence-electron chi connectivity index (χ3n) is 5.59. The normalized spacial score (nSPS) is 14.7. The van der Waals surface area contributed by atoms with E-state index in [1.54, 1.807) is 55.6 Å². The summed E-state index contributed by atoms with van der Waals surface area (Å²) in [7, 11) is 0. The van der Waals surface area contributed by atoms with Gasteiger partial charge in [-0.1, -0.05) is 41.4 Å². The second kappa shape index (κ2) is 9.40. The summed E-state index contributed by atoms with van der Waals surface area (Å²) in [5.74, 6) is 0.211. The zero-order chi connectivity index (χ0) is 25.4. The molecule has 2 aromatic heterocycles. The molecule has 36 heavy (non-hydrogen) atoms. The van der Waals surface area contributed by atoms with E-state index in [9.17, 15) is 14.9 Å². The molecule has 1 amide bonds. The van der Waals surface area contributed by atoms with Crippen molar-refractivity contribution in [1.82, 2.24) is 19.7 Å². The molecule has 0 saturated carbocycles. The fourth-order valence-electron chi connectivity index (χ4n) is 3.97. The molecule has 1 aliphatic heterocycles. The topological polar surface area (TPSA) is 128 Å². The number of benzene rings is 2. The van der Waals surface area contributed by atoms with Gasteiger partial charge in [-0.25, -0.2) is 4.68 Å². The number of hydrogen-bond donors (Lipinski definition) is 2. The Morgan fingerprint density at radius 1 is 1.17 bits per heavy atom. The second-order valence-corrected chi connectivity index (χ2v) is 8.78. The van der Waals surface area contributed by atoms with E-state index in [4.69, 9.17) is 23.2 Å². The molecule has 12 heteroatoms. The van der Waals surface area contributed by atoms with Crippen LogP contribution in [0.3, 0.4) is 0 Å². The number of fused-ring (bicyclic) bond motifs is 1. The molecule has 1 unspecified atom stereocenters. The summed E-state index contributed by atoms with van der Waals surface area (Å²) in [5, 5.41) is 22.6. The van der Waals surface area contributed by atoms with Crippen LogP contribution in [0.5, 0.6) is 0 Å². The van der Waals surface area contributed by atoms with Crippen molar-refractivity contribution in [2.24, 2.45) is 0 Å². The van der Waals surface area contributed by atoms with E-state index in [-0.39, 0.29) is 17.4 Å². The van der Waals surface area contributed by atoms with Crippen molar-refractivity contribution in [2.75, 3.05) is 10.6 Å². The predicted octanol–water partition coefficient (Wildman–Crippen LogP) is 5.48. The molecule has 3 heterocycles. The van der Waals surface area contributed by atoms with Crippen LogP contribution in [0, 0.1) is 10.1 Å². The van der Waals surface area contributed by atoms with Crippen LogP contribution in [-0.2, 0) is 4.79 Å². The van der Waals surface area contributed by atoms with Crippen LogP contribution in [0.25, 0.3) is 11.4 Å². The van der Waals surface area contributed by atoms with Crippen molar-refractivity contribution < 1.29 is 9.72 Å². The largest absolute Gasteiger partial charge is 0.328 e. The van der Waals surface area contributed by atoms with Crippen LogP contribution in [0.1, 0.15) is 18.5 Å². The number of nitro groups is 1. The van der Waals surface area contributed by atoms with E-state index in [1.165, 1.54) is 23.0 Å². The zero-order valence-electron chi connectivity index (χ0n) is 18.6. The highest BCUT2D eigenvalue weighted by atomic mass is 35.5. The molecule has 1 aliphatic rings. The maximum atomic E-state index is 13.5. The first-order chi connectivity index (χ1) is 17.3. The molecule has 0 radical (unpaired) electrons. The number of nitro benzene ring substituents is 1. The number of pyridine rings is 1. The number of carbonyl (C=O) groups is 1. The number of nitrogens with zero attached hydrogens (tertiary/aromatic N) is 5. The average Bonchev–Trinajstić information content (AvgIpc) is 3.28. The van der Waals surface area contributed by atoms with Gasteiger partial charge >= 0.3 is 0 Å². The molecular weight excluding hydrogens is 505 g/mol. The number of aromatic nitrogens is 4. The first kappa shape index (κ1) is 23.5. The van der Waals surface area contributed by atoms with Crippen molar-refractivity contribution in [3.8, 4) is 11.4 Å². The summed E-state index contributed by atoms with van der Waals surface area (Å²) in [4.78, 5) is 32.9. The van der Waals surface area contributed by atoms with Gasteiger partial charge in [-0.15, -0.1) is 5.10 Å². The van der Waals surface area contributed by atoms with Crippen LogP contribution in [0.15, 0.2) is 78.3 Å². The number of rotatable bonds is 5. The molecule has 0 fully saturated rings. The highest BCUT2D eigenvalue weighted by molar-refractivity contribution is 6.35. The minimum atomic E-state index is -0.761. The van der Waals surface area contributed by atoms with Gasteiger partial charge in [0.05, 0.1) is 22.4 Å². The third kappa shape index (κ3) is 4.39. The number of carbonyl (C=O) groups excluding carboxylic acids is 1. The smallest absolute Gasteiger partial charge is 0.270 e. The van der Waals surface area contributed by atoms with Crippen molar-refractivity contribution in [1.29, 1.82) is 0 Å². The lowest BCUT2D eigenvalue weighted by Crippen LogP contribution is -2.31. The number of hydrogen-bond acceptors (Lipinski definition) is 7. The van der Waals surface area contributed by atoms with Crippen molar-refractivity contribution in [3.63, 3.8) is 0 Å². The highest BCUT2D eigenvalue weighted by Crippen LogP contribution is 2.40. The molecule has 0 saturated heterocycles. The lowest BCUT2D eigenvalue weighted by atomic mass is 9.95. The molecule has 0 aliphatic carbocycles. The molecule has 0 spiro atoms. The summed E-state index contributed by atoms with van der Waals surface area (Å²) >= 11 is 12.7. The predicted molar refractivity (Wildman–Crippen MR) is 136 cm³/mol. The average molecular weight is 522 g/mol. The first-order valence-corrected chi connectivity index (χ1v) is 11.4. The van der Waals surface area contributed by atoms with Crippen LogP contribution >= 0.6 is 23.2 Å². The zero-order valence-corrected chi connectivity index (χ0v) is 20.2. The van der Waals surface area contributed by atoms with Gasteiger partial charge in [-0.3, -0.25) is 19.9 Å². The number of nitrogens with one attached hydrogen (secondary N) is 2. The second-order valence-electron chi connectivity index (χ2n) is 7.94. The molecule has 10 nitrogen and oxygen atoms in total. The Morgan fingerprint density at radius 3 is 2.72 bits per heavy atom. The van der Waals surface area contributed by atoms with Crippen molar-refractivity contribution in [3.05, 3.63) is 104 Å². The van der Waals surface area contributed by atoms with Gasteiger partial charge in [0.2, 0.25) is 5.95 Å². The Labute approximate surface area is 214 Å². The van der Waals surface area contributed by atoms with Crippen molar-refractivity contribution >= 4 is 46.4 Å². The van der Waals surface area contributed by atoms with Gasteiger partial charge < -0.3 is 10.6 Å². The van der Waals surface area contributed by atoms with E-state index >= 15 is 0 Å². The summed E-state index contributed by atoms with van der Waals surface area (Å²) < 4.78 is 1.54. The monoisotopic (exact) mass is 521 g/mol. The molecule has 0 bridgehead atoms. The lowest BCUT2D eigenvalue weighted by molar-refractivity contribution is -0.384. The Balaban J connectivity index is 1.63. The Kier molecular flexibility index (Phi) is 6.13. The standard InChI is InChI=1S/C24H17Cl2N7O3/c1-13-20(23(34)29-16-5-3-9-27-12-16)21(18-8-7-15(25)11-19(18)26)32-24(28-13)30-22(31-32)14-4-2-6-17(10-14)33(35)36/h2-12,21H,1H3,(H,29,34)(H,28,30,31). The molecule has 5 rings (SSSR count). The summed E-state index contributed by atoms with van der Waals surface area (Å²) in [5.41, 5.74) is 2.36. The Hall–Kier alpha value is -4.28. The maximum absolute atomic E-state index is 13.5. The summed E-state index contributed by atoms with van der Waals surface area (Å²) in [6, 6.07) is 13.7. The molecule has 2 N–H and O–H groups in total. The fraction of sp³-hybridized carbons (Fsp3) is 0.0833. The van der Waals surface area contributed by atoms with Crippen molar-refractivity contribution in [2.45, 2.75) is 13.0 Å². The van der Waals surface area contributed by atoms with Gasteiger partial charge in [0.1, 0.15) is 6.04 Å². The van der Waals surface area contributed by atoms with Gasteiger partial charge in [0.15, 0.2) is 5.82 Å². The number of amides is 1. The highest BCUT2D eigenvalue weighted by Gasteiger charge is 2.35. The number of halogens is 2. The molecule has 1 atom stereocenters. The maximum Gasteiger partial charge on any atom is 0.270 e. The number of allylic oxidation sites excluding steroid dienone is 1. The quantitative estimate of drug-likeness (QED) is 0.262. The Bertz CT molecular complexity index is 1540. The minimum absolute atomic E-state index is 0.0867. The SMILES string of the molecule is CC1=C(C(=O)Nc2cccnc2)C(c2ccc(Cl)cc2Cl)n2nc(-c3cccc([N+](=O)[O-])c3)nc2N1. The van der Waals surface area contributed by atoms with Crippen LogP contribution in [0.4, 0.5) is 17.3 Å². The Morgan fingerprint density at radius 2 is 2.00 bits per heavy atom. The van der Waals surface area contributed by atoms with E-state index < -0.39 is 11.0 Å². The third-order valence-corrected chi connectivity index (χ3v) is 6.15. The minimum Gasteiger partial charge on any atom is -0.328 e. The summed E-state index contributed by atoms with van der Waals surface area (Å²) in [6.07, 6.45) is 3.14. The first-order valence-electron chi connectivity index (χ1n) is 10.7. The van der Waals surface area contributed by atoms with Gasteiger partial charge in [0, 0.05) is 45.2 Å². The van der Waals surface area contributed by atoms with Crippen LogP contribution < -0.4 is 10.6 Å². The van der Waals surface area contributed by atoms with E-state index in [2.05, 4.69) is 25.7 Å². The van der Waals surface area contributed by atoms with Gasteiger partial charge in [0.25, 0.3) is 11.6 Å². The number of anilines is 2. The van der Waals surface area contributed by atoms with E-state index in [0.29, 0.717) is 44.1 Å². The van der Waals surface area contributed by atoms with E-state index in [1.807, 2.05) is 0 Å². The van der Waals surface area contributed by atoms with Gasteiger partial charge in [-0.05, 0) is 31.2 Å². The molecular formula is C24H17Cl2N7O3. The van der Waals surface area contributed by atoms with E-state index in [0.717, 1.165) is 0 Å². The molecule has 4 aromatic rings. The summed E-state index contributed by atoms with van der Waals surface area (Å²) in [6.45, 7) is 1.75. The lowest BCUT2D eigenvalue weighted by Gasteiger charge is -2.29. The van der Waals surface area contributed by atoms with Crippen LogP contribution in [-0.4, -0.2) is 30.6 Å². The van der Waals surface area contributed by atoms with Gasteiger partial charge in [-0.2, -0.15) is 4.98 Å².